The van der Waals surface area contributed by atoms with Crippen molar-refractivity contribution in [1.82, 2.24) is 5.01 Å². The van der Waals surface area contributed by atoms with Gasteiger partial charge in [-0.15, -0.1) is 0 Å². The van der Waals surface area contributed by atoms with Gasteiger partial charge in [-0.3, -0.25) is 19.4 Å². The van der Waals surface area contributed by atoms with Crippen LogP contribution in [0.5, 0.6) is 0 Å². The van der Waals surface area contributed by atoms with E-state index in [4.69, 9.17) is 0 Å². The third-order valence-corrected chi connectivity index (χ3v) is 5.42. The van der Waals surface area contributed by atoms with Crippen LogP contribution in [0.3, 0.4) is 0 Å². The fourth-order valence-electron chi connectivity index (χ4n) is 2.75. The summed E-state index contributed by atoms with van der Waals surface area (Å²) in [5.41, 5.74) is 1.46. The minimum Gasteiger partial charge on any atom is -0.326 e. The van der Waals surface area contributed by atoms with Crippen molar-refractivity contribution in [3.05, 3.63) is 65.5 Å². The minimum atomic E-state index is -0.690. The predicted octanol–water partition coefficient (Wildman–Crippen LogP) is 3.32. The monoisotopic (exact) mass is 426 g/mol. The van der Waals surface area contributed by atoms with Gasteiger partial charge in [-0.05, 0) is 36.8 Å². The molecule has 30 heavy (non-hydrogen) atoms. The van der Waals surface area contributed by atoms with Crippen LogP contribution in [0.4, 0.5) is 10.1 Å². The van der Waals surface area contributed by atoms with Crippen molar-refractivity contribution in [2.75, 3.05) is 12.4 Å². The Kier molecular flexibility index (Phi) is 6.73. The highest BCUT2D eigenvalue weighted by Gasteiger charge is 2.39. The standard InChI is InChI=1S/C21H19FN4O3S/c1-13(27)15-6-4-8-17(10-15)25-19(28)11-18-20(29)26(21(23-2)30-18)24-12-14-5-3-7-16(22)9-14/h3-10,12,18H,11H2,1-2H3,(H,25,28)/b23-21?,24-12+. The number of nitrogens with one attached hydrogen (secondary N) is 1. The number of Topliss-reactive ketones (excluding diaryl/α,β-unsaturated/α-hetero) is 1. The maximum absolute atomic E-state index is 13.3. The molecule has 2 aromatic carbocycles. The SMILES string of the molecule is CN=C1SC(CC(=O)Nc2cccc(C(C)=O)c2)C(=O)N1/N=C/c1cccc(F)c1. The molecule has 2 amide bonds. The van der Waals surface area contributed by atoms with E-state index in [2.05, 4.69) is 15.4 Å². The van der Waals surface area contributed by atoms with Gasteiger partial charge in [0, 0.05) is 24.7 Å². The van der Waals surface area contributed by atoms with Crippen molar-refractivity contribution in [1.29, 1.82) is 0 Å². The molecule has 0 radical (unpaired) electrons. The molecule has 1 atom stereocenters. The van der Waals surface area contributed by atoms with E-state index in [-0.39, 0.29) is 24.0 Å². The molecule has 3 rings (SSSR count). The fourth-order valence-corrected chi connectivity index (χ4v) is 3.78. The lowest BCUT2D eigenvalue weighted by Crippen LogP contribution is -2.29. The topological polar surface area (TPSA) is 91.2 Å². The van der Waals surface area contributed by atoms with Gasteiger partial charge in [0.1, 0.15) is 11.1 Å². The maximum Gasteiger partial charge on any atom is 0.263 e. The molecule has 0 spiro atoms. The fraction of sp³-hybridized carbons (Fsp3) is 0.190. The number of carbonyl (C=O) groups is 3. The summed E-state index contributed by atoms with van der Waals surface area (Å²) in [4.78, 5) is 40.6. The van der Waals surface area contributed by atoms with Crippen LogP contribution < -0.4 is 5.32 Å². The number of hydrazone groups is 1. The molecule has 1 aliphatic heterocycles. The molecule has 0 aromatic heterocycles. The van der Waals surface area contributed by atoms with Gasteiger partial charge in [0.15, 0.2) is 11.0 Å². The largest absolute Gasteiger partial charge is 0.326 e. The number of thioether (sulfide) groups is 1. The first kappa shape index (κ1) is 21.4. The van der Waals surface area contributed by atoms with Crippen LogP contribution in [0.15, 0.2) is 58.6 Å². The second-order valence-corrected chi connectivity index (χ2v) is 7.62. The summed E-state index contributed by atoms with van der Waals surface area (Å²) in [7, 11) is 1.52. The van der Waals surface area contributed by atoms with Gasteiger partial charge in [-0.1, -0.05) is 36.0 Å². The molecule has 1 unspecified atom stereocenters. The zero-order chi connectivity index (χ0) is 21.7. The summed E-state index contributed by atoms with van der Waals surface area (Å²) in [6.45, 7) is 1.44. The van der Waals surface area contributed by atoms with Gasteiger partial charge in [0.25, 0.3) is 5.91 Å². The predicted molar refractivity (Wildman–Crippen MR) is 115 cm³/mol. The molecule has 2 aromatic rings. The van der Waals surface area contributed by atoms with E-state index in [9.17, 15) is 18.8 Å². The normalized spacial score (nSPS) is 17.7. The second-order valence-electron chi connectivity index (χ2n) is 6.45. The molecule has 0 saturated carbocycles. The Morgan fingerprint density at radius 3 is 2.70 bits per heavy atom. The Morgan fingerprint density at radius 2 is 2.00 bits per heavy atom. The van der Waals surface area contributed by atoms with Gasteiger partial charge < -0.3 is 5.32 Å². The van der Waals surface area contributed by atoms with E-state index in [0.29, 0.717) is 22.0 Å². The van der Waals surface area contributed by atoms with Crippen LogP contribution in [0.25, 0.3) is 0 Å². The molecule has 1 N–H and O–H groups in total. The summed E-state index contributed by atoms with van der Waals surface area (Å²) in [6.07, 6.45) is 1.28. The highest BCUT2D eigenvalue weighted by atomic mass is 32.2. The van der Waals surface area contributed by atoms with Crippen LogP contribution in [0.1, 0.15) is 29.3 Å². The Labute approximate surface area is 177 Å². The lowest BCUT2D eigenvalue weighted by molar-refractivity contribution is -0.128. The lowest BCUT2D eigenvalue weighted by Gasteiger charge is -2.10. The zero-order valence-corrected chi connectivity index (χ0v) is 17.1. The third kappa shape index (κ3) is 5.18. The third-order valence-electron chi connectivity index (χ3n) is 4.20. The average molecular weight is 426 g/mol. The first-order valence-corrected chi connectivity index (χ1v) is 9.93. The molecule has 1 fully saturated rings. The van der Waals surface area contributed by atoms with Crippen LogP contribution in [-0.2, 0) is 9.59 Å². The highest BCUT2D eigenvalue weighted by molar-refractivity contribution is 8.15. The average Bonchev–Trinajstić information content (AvgIpc) is 3.01. The zero-order valence-electron chi connectivity index (χ0n) is 16.3. The summed E-state index contributed by atoms with van der Waals surface area (Å²) in [6, 6.07) is 12.4. The van der Waals surface area contributed by atoms with Crippen LogP contribution >= 0.6 is 11.8 Å². The summed E-state index contributed by atoms with van der Waals surface area (Å²) >= 11 is 1.14. The molecule has 9 heteroatoms. The van der Waals surface area contributed by atoms with Gasteiger partial charge in [0.05, 0.1) is 6.21 Å². The van der Waals surface area contributed by atoms with E-state index >= 15 is 0 Å². The number of halogens is 1. The molecule has 1 aliphatic rings. The van der Waals surface area contributed by atoms with E-state index in [1.54, 1.807) is 36.4 Å². The number of amides is 2. The Hall–Kier alpha value is -3.33. The molecule has 154 valence electrons. The number of carbonyl (C=O) groups excluding carboxylic acids is 3. The highest BCUT2D eigenvalue weighted by Crippen LogP contribution is 2.30. The van der Waals surface area contributed by atoms with Gasteiger partial charge >= 0.3 is 0 Å². The van der Waals surface area contributed by atoms with E-state index < -0.39 is 11.1 Å². The van der Waals surface area contributed by atoms with Crippen LogP contribution in [-0.4, -0.2) is 46.3 Å². The van der Waals surface area contributed by atoms with Crippen LogP contribution in [0.2, 0.25) is 0 Å². The smallest absolute Gasteiger partial charge is 0.263 e. The first-order chi connectivity index (χ1) is 14.4. The molecular weight excluding hydrogens is 407 g/mol. The van der Waals surface area contributed by atoms with Crippen molar-refractivity contribution >= 4 is 46.4 Å². The molecule has 1 saturated heterocycles. The molecular formula is C21H19FN4O3S. The lowest BCUT2D eigenvalue weighted by atomic mass is 10.1. The Morgan fingerprint density at radius 1 is 1.23 bits per heavy atom. The Bertz CT molecular complexity index is 1050. The number of amidine groups is 1. The van der Waals surface area contributed by atoms with Crippen LogP contribution in [0, 0.1) is 5.82 Å². The maximum atomic E-state index is 13.3. The van der Waals surface area contributed by atoms with Gasteiger partial charge in [0.2, 0.25) is 5.91 Å². The first-order valence-electron chi connectivity index (χ1n) is 9.05. The second kappa shape index (κ2) is 9.45. The molecule has 1 heterocycles. The number of benzene rings is 2. The van der Waals surface area contributed by atoms with Crippen molar-refractivity contribution < 1.29 is 18.8 Å². The number of aliphatic imine (C=N–C) groups is 1. The number of nitrogens with zero attached hydrogens (tertiary/aromatic N) is 3. The number of rotatable bonds is 6. The number of hydrogen-bond acceptors (Lipinski definition) is 6. The van der Waals surface area contributed by atoms with Crippen molar-refractivity contribution in [2.45, 2.75) is 18.6 Å². The minimum absolute atomic E-state index is 0.0845. The molecule has 0 bridgehead atoms. The number of anilines is 1. The van der Waals surface area contributed by atoms with E-state index in [1.807, 2.05) is 0 Å². The molecule has 7 nitrogen and oxygen atoms in total. The van der Waals surface area contributed by atoms with Gasteiger partial charge in [-0.25, -0.2) is 4.39 Å². The Balaban J connectivity index is 1.67. The number of ketones is 1. The summed E-state index contributed by atoms with van der Waals surface area (Å²) in [5.74, 6) is -1.27. The molecule has 0 aliphatic carbocycles. The van der Waals surface area contributed by atoms with E-state index in [1.165, 1.54) is 32.3 Å². The van der Waals surface area contributed by atoms with Crippen molar-refractivity contribution in [3.63, 3.8) is 0 Å². The van der Waals surface area contributed by atoms with E-state index in [0.717, 1.165) is 16.8 Å². The van der Waals surface area contributed by atoms with Crippen molar-refractivity contribution in [3.8, 4) is 0 Å². The summed E-state index contributed by atoms with van der Waals surface area (Å²) in [5, 5.41) is 7.59. The summed E-state index contributed by atoms with van der Waals surface area (Å²) < 4.78 is 13.3. The van der Waals surface area contributed by atoms with Crippen molar-refractivity contribution in [2.24, 2.45) is 10.1 Å². The van der Waals surface area contributed by atoms with Gasteiger partial charge in [-0.2, -0.15) is 10.1 Å². The quantitative estimate of drug-likeness (QED) is 0.567. The number of hydrogen-bond donors (Lipinski definition) is 1.